The van der Waals surface area contributed by atoms with Crippen LogP contribution in [0, 0.1) is 11.6 Å². The minimum atomic E-state index is -0.308. The number of fused-ring (bicyclic) bond motifs is 1. The van der Waals surface area contributed by atoms with Crippen LogP contribution < -0.4 is 4.90 Å². The third-order valence-corrected chi connectivity index (χ3v) is 6.99. The molecule has 4 aromatic rings. The van der Waals surface area contributed by atoms with Gasteiger partial charge in [0.05, 0.1) is 5.69 Å². The van der Waals surface area contributed by atoms with E-state index in [-0.39, 0.29) is 29.9 Å². The van der Waals surface area contributed by atoms with Crippen molar-refractivity contribution in [3.05, 3.63) is 102 Å². The lowest BCUT2D eigenvalue weighted by atomic mass is 9.87. The molecule has 1 aliphatic rings. The summed E-state index contributed by atoms with van der Waals surface area (Å²) < 4.78 is 30.6. The number of carbonyl (C=O) groups is 1. The molecule has 0 aliphatic carbocycles. The van der Waals surface area contributed by atoms with Crippen LogP contribution in [0.2, 0.25) is 0 Å². The zero-order valence-electron chi connectivity index (χ0n) is 19.8. The van der Waals surface area contributed by atoms with E-state index in [9.17, 15) is 13.6 Å². The van der Waals surface area contributed by atoms with Crippen LogP contribution in [0.25, 0.3) is 10.9 Å². The lowest BCUT2D eigenvalue weighted by molar-refractivity contribution is -0.131. The SMILES string of the molecule is CCn1cc(C(CC(=O)N2CCN(c3ccccc3F)CC2)c2cccc(F)c2)c2ccccc21. The Bertz CT molecular complexity index is 1340. The highest BCUT2D eigenvalue weighted by atomic mass is 19.1. The lowest BCUT2D eigenvalue weighted by Gasteiger charge is -2.36. The zero-order chi connectivity index (χ0) is 24.4. The molecule has 0 N–H and O–H groups in total. The predicted octanol–water partition coefficient (Wildman–Crippen LogP) is 5.81. The fourth-order valence-corrected chi connectivity index (χ4v) is 5.15. The molecule has 6 heteroatoms. The van der Waals surface area contributed by atoms with Crippen molar-refractivity contribution in [3.63, 3.8) is 0 Å². The number of nitrogens with zero attached hydrogens (tertiary/aromatic N) is 3. The Morgan fingerprint density at radius 2 is 1.66 bits per heavy atom. The number of aryl methyl sites for hydroxylation is 1. The highest BCUT2D eigenvalue weighted by Crippen LogP contribution is 2.35. The Morgan fingerprint density at radius 3 is 2.40 bits per heavy atom. The van der Waals surface area contributed by atoms with E-state index in [2.05, 4.69) is 29.8 Å². The number of anilines is 1. The van der Waals surface area contributed by atoms with Gasteiger partial charge in [0.15, 0.2) is 0 Å². The monoisotopic (exact) mass is 473 g/mol. The van der Waals surface area contributed by atoms with Crippen LogP contribution in [-0.4, -0.2) is 41.6 Å². The van der Waals surface area contributed by atoms with Crippen molar-refractivity contribution in [1.29, 1.82) is 0 Å². The molecule has 5 rings (SSSR count). The number of halogens is 2. The third-order valence-electron chi connectivity index (χ3n) is 6.99. The van der Waals surface area contributed by atoms with Crippen LogP contribution in [0.15, 0.2) is 79.0 Å². The predicted molar refractivity (Wildman–Crippen MR) is 136 cm³/mol. The summed E-state index contributed by atoms with van der Waals surface area (Å²) in [5.41, 5.74) is 3.51. The number of hydrogen-bond donors (Lipinski definition) is 0. The van der Waals surface area contributed by atoms with E-state index < -0.39 is 0 Å². The van der Waals surface area contributed by atoms with Crippen LogP contribution in [0.3, 0.4) is 0 Å². The molecule has 1 unspecified atom stereocenters. The smallest absolute Gasteiger partial charge is 0.223 e. The molecule has 3 aromatic carbocycles. The Hall–Kier alpha value is -3.67. The number of carbonyl (C=O) groups excluding carboxylic acids is 1. The summed E-state index contributed by atoms with van der Waals surface area (Å²) in [6.07, 6.45) is 2.35. The van der Waals surface area contributed by atoms with Crippen LogP contribution >= 0.6 is 0 Å². The minimum absolute atomic E-state index is 0.0285. The summed E-state index contributed by atoms with van der Waals surface area (Å²) in [4.78, 5) is 17.3. The summed E-state index contributed by atoms with van der Waals surface area (Å²) in [5.74, 6) is -0.787. The van der Waals surface area contributed by atoms with Crippen LogP contribution in [-0.2, 0) is 11.3 Å². The highest BCUT2D eigenvalue weighted by molar-refractivity contribution is 5.86. The second-order valence-electron chi connectivity index (χ2n) is 9.02. The van der Waals surface area contributed by atoms with E-state index >= 15 is 0 Å². The second kappa shape index (κ2) is 9.90. The molecular formula is C29H29F2N3O. The Morgan fingerprint density at radius 1 is 0.914 bits per heavy atom. The van der Waals surface area contributed by atoms with Gasteiger partial charge >= 0.3 is 0 Å². The second-order valence-corrected chi connectivity index (χ2v) is 9.02. The molecule has 180 valence electrons. The topological polar surface area (TPSA) is 28.5 Å². The third kappa shape index (κ3) is 4.65. The van der Waals surface area contributed by atoms with Gasteiger partial charge in [-0.1, -0.05) is 42.5 Å². The van der Waals surface area contributed by atoms with E-state index in [1.54, 1.807) is 18.2 Å². The van der Waals surface area contributed by atoms with E-state index in [1.165, 1.54) is 18.2 Å². The van der Waals surface area contributed by atoms with Gasteiger partial charge in [0, 0.05) is 62.2 Å². The van der Waals surface area contributed by atoms with Crippen molar-refractivity contribution < 1.29 is 13.6 Å². The number of piperazine rings is 1. The summed E-state index contributed by atoms with van der Waals surface area (Å²) in [5, 5.41) is 1.08. The first-order chi connectivity index (χ1) is 17.0. The van der Waals surface area contributed by atoms with Gasteiger partial charge in [0.25, 0.3) is 0 Å². The maximum Gasteiger partial charge on any atom is 0.223 e. The molecular weight excluding hydrogens is 444 g/mol. The van der Waals surface area contributed by atoms with Gasteiger partial charge < -0.3 is 14.4 Å². The molecule has 4 nitrogen and oxygen atoms in total. The summed E-state index contributed by atoms with van der Waals surface area (Å²) in [7, 11) is 0. The number of amides is 1. The van der Waals surface area contributed by atoms with Crippen LogP contribution in [0.1, 0.15) is 30.4 Å². The molecule has 0 radical (unpaired) electrons. The number of aromatic nitrogens is 1. The Balaban J connectivity index is 1.40. The quantitative estimate of drug-likeness (QED) is 0.354. The molecule has 35 heavy (non-hydrogen) atoms. The summed E-state index contributed by atoms with van der Waals surface area (Å²) in [6, 6.07) is 21.5. The van der Waals surface area contributed by atoms with Crippen LogP contribution in [0.5, 0.6) is 0 Å². The average molecular weight is 474 g/mol. The molecule has 1 saturated heterocycles. The fourth-order valence-electron chi connectivity index (χ4n) is 5.15. The molecule has 1 aliphatic heterocycles. The molecule has 0 spiro atoms. The molecule has 1 atom stereocenters. The first-order valence-corrected chi connectivity index (χ1v) is 12.2. The van der Waals surface area contributed by atoms with Crippen molar-refractivity contribution in [2.24, 2.45) is 0 Å². The van der Waals surface area contributed by atoms with Gasteiger partial charge in [-0.15, -0.1) is 0 Å². The van der Waals surface area contributed by atoms with E-state index in [0.717, 1.165) is 28.6 Å². The van der Waals surface area contributed by atoms with Gasteiger partial charge in [0.1, 0.15) is 11.6 Å². The zero-order valence-corrected chi connectivity index (χ0v) is 19.8. The highest BCUT2D eigenvalue weighted by Gasteiger charge is 2.28. The van der Waals surface area contributed by atoms with Crippen molar-refractivity contribution in [2.45, 2.75) is 25.8 Å². The molecule has 2 heterocycles. The minimum Gasteiger partial charge on any atom is -0.366 e. The van der Waals surface area contributed by atoms with Gasteiger partial charge in [-0.05, 0) is 48.4 Å². The first kappa shape index (κ1) is 23.1. The van der Waals surface area contributed by atoms with E-state index in [1.807, 2.05) is 34.1 Å². The van der Waals surface area contributed by atoms with Gasteiger partial charge in [0.2, 0.25) is 5.91 Å². The Labute approximate surface area is 204 Å². The average Bonchev–Trinajstić information content (AvgIpc) is 3.26. The molecule has 1 amide bonds. The number of rotatable bonds is 6. The summed E-state index contributed by atoms with van der Waals surface area (Å²) in [6.45, 7) is 5.11. The van der Waals surface area contributed by atoms with Crippen molar-refractivity contribution in [2.75, 3.05) is 31.1 Å². The summed E-state index contributed by atoms with van der Waals surface area (Å²) >= 11 is 0. The molecule has 1 fully saturated rings. The van der Waals surface area contributed by atoms with Crippen LogP contribution in [0.4, 0.5) is 14.5 Å². The number of hydrogen-bond acceptors (Lipinski definition) is 2. The van der Waals surface area contributed by atoms with Crippen molar-refractivity contribution in [3.8, 4) is 0 Å². The normalized spacial score (nSPS) is 14.9. The molecule has 0 saturated carbocycles. The van der Waals surface area contributed by atoms with Crippen molar-refractivity contribution >= 4 is 22.5 Å². The van der Waals surface area contributed by atoms with Gasteiger partial charge in [-0.2, -0.15) is 0 Å². The van der Waals surface area contributed by atoms with Crippen molar-refractivity contribution in [1.82, 2.24) is 9.47 Å². The van der Waals surface area contributed by atoms with E-state index in [0.29, 0.717) is 31.9 Å². The van der Waals surface area contributed by atoms with Gasteiger partial charge in [-0.25, -0.2) is 8.78 Å². The maximum atomic E-state index is 14.2. The van der Waals surface area contributed by atoms with Gasteiger partial charge in [-0.3, -0.25) is 4.79 Å². The lowest BCUT2D eigenvalue weighted by Crippen LogP contribution is -2.49. The maximum absolute atomic E-state index is 14.2. The number of para-hydroxylation sites is 2. The standard InChI is InChI=1S/C29H29F2N3O/c1-2-32-20-25(23-10-3-5-12-27(23)32)24(21-8-7-9-22(30)18-21)19-29(35)34-16-14-33(15-17-34)28-13-6-4-11-26(28)31/h3-13,18,20,24H,2,14-17,19H2,1H3. The largest absolute Gasteiger partial charge is 0.366 e. The first-order valence-electron chi connectivity index (χ1n) is 12.2. The fraction of sp³-hybridized carbons (Fsp3) is 0.276. The molecule has 0 bridgehead atoms. The Kier molecular flexibility index (Phi) is 6.53. The van der Waals surface area contributed by atoms with E-state index in [4.69, 9.17) is 0 Å². The molecule has 1 aromatic heterocycles. The number of benzene rings is 3.